The fourth-order valence-corrected chi connectivity index (χ4v) is 2.19. The van der Waals surface area contributed by atoms with Gasteiger partial charge in [-0.2, -0.15) is 0 Å². The number of carbonyl (C=O) groups is 2. The highest BCUT2D eigenvalue weighted by Crippen LogP contribution is 2.20. The zero-order valence-electron chi connectivity index (χ0n) is 11.3. The maximum Gasteiger partial charge on any atom is 0.337 e. The number of urea groups is 1. The predicted octanol–water partition coefficient (Wildman–Crippen LogP) is 1.99. The number of benzene rings is 1. The second kappa shape index (κ2) is 6.38. The Hall–Kier alpha value is -2.08. The molecule has 0 aromatic heterocycles. The second-order valence-electron chi connectivity index (χ2n) is 4.79. The molecule has 0 radical (unpaired) electrons. The van der Waals surface area contributed by atoms with Gasteiger partial charge >= 0.3 is 12.0 Å². The van der Waals surface area contributed by atoms with Crippen molar-refractivity contribution in [2.75, 3.05) is 18.5 Å². The molecule has 0 saturated carbocycles. The van der Waals surface area contributed by atoms with Crippen LogP contribution in [0.4, 0.5) is 10.5 Å². The molecule has 108 valence electrons. The number of carbonyl (C=O) groups excluding carboxylic acids is 1. The number of anilines is 1. The summed E-state index contributed by atoms with van der Waals surface area (Å²) >= 11 is 0. The van der Waals surface area contributed by atoms with Gasteiger partial charge in [-0.3, -0.25) is 0 Å². The molecular weight excluding hydrogens is 260 g/mol. The van der Waals surface area contributed by atoms with Crippen molar-refractivity contribution in [1.29, 1.82) is 0 Å². The molecule has 0 aliphatic carbocycles. The Kier molecular flexibility index (Phi) is 4.57. The van der Waals surface area contributed by atoms with Crippen molar-refractivity contribution in [3.8, 4) is 0 Å². The Balaban J connectivity index is 2.05. The lowest BCUT2D eigenvalue weighted by Crippen LogP contribution is -2.41. The SMILES string of the molecule is Cc1cccc(C(=O)O)c1NC(=O)NC1CCOCC1. The molecule has 0 bridgehead atoms. The molecule has 20 heavy (non-hydrogen) atoms. The van der Waals surface area contributed by atoms with Crippen LogP contribution in [-0.2, 0) is 4.74 Å². The normalized spacial score (nSPS) is 15.7. The van der Waals surface area contributed by atoms with Crippen LogP contribution >= 0.6 is 0 Å². The molecule has 6 nitrogen and oxygen atoms in total. The molecule has 1 heterocycles. The summed E-state index contributed by atoms with van der Waals surface area (Å²) in [5.41, 5.74) is 1.14. The summed E-state index contributed by atoms with van der Waals surface area (Å²) in [7, 11) is 0. The molecule has 1 aliphatic rings. The lowest BCUT2D eigenvalue weighted by molar-refractivity contribution is 0.0698. The van der Waals surface area contributed by atoms with E-state index in [1.807, 2.05) is 0 Å². The molecule has 1 fully saturated rings. The molecule has 2 rings (SSSR count). The third kappa shape index (κ3) is 3.48. The Bertz CT molecular complexity index is 510. The number of nitrogens with one attached hydrogen (secondary N) is 2. The van der Waals surface area contributed by atoms with Gasteiger partial charge in [0.2, 0.25) is 0 Å². The van der Waals surface area contributed by atoms with E-state index in [1.165, 1.54) is 6.07 Å². The average molecular weight is 278 g/mol. The lowest BCUT2D eigenvalue weighted by Gasteiger charge is -2.23. The van der Waals surface area contributed by atoms with Crippen LogP contribution in [-0.4, -0.2) is 36.4 Å². The summed E-state index contributed by atoms with van der Waals surface area (Å²) in [4.78, 5) is 23.1. The maximum atomic E-state index is 12.0. The van der Waals surface area contributed by atoms with Gasteiger partial charge in [0.15, 0.2) is 0 Å². The third-order valence-corrected chi connectivity index (χ3v) is 3.30. The number of para-hydroxylation sites is 1. The summed E-state index contributed by atoms with van der Waals surface area (Å²) in [6, 6.07) is 4.57. The molecular formula is C14H18N2O4. The first-order chi connectivity index (χ1) is 9.58. The highest BCUT2D eigenvalue weighted by Gasteiger charge is 2.18. The van der Waals surface area contributed by atoms with Crippen molar-refractivity contribution in [2.45, 2.75) is 25.8 Å². The molecule has 0 spiro atoms. The van der Waals surface area contributed by atoms with Gasteiger partial charge in [0.05, 0.1) is 11.3 Å². The van der Waals surface area contributed by atoms with Crippen LogP contribution in [0.2, 0.25) is 0 Å². The number of amides is 2. The average Bonchev–Trinajstić information content (AvgIpc) is 2.42. The highest BCUT2D eigenvalue weighted by molar-refractivity contribution is 6.01. The topological polar surface area (TPSA) is 87.7 Å². The molecule has 2 amide bonds. The Morgan fingerprint density at radius 2 is 2.00 bits per heavy atom. The molecule has 1 saturated heterocycles. The van der Waals surface area contributed by atoms with Crippen LogP contribution in [0.25, 0.3) is 0 Å². The number of aromatic carboxylic acids is 1. The van der Waals surface area contributed by atoms with E-state index in [9.17, 15) is 9.59 Å². The van der Waals surface area contributed by atoms with Crippen molar-refractivity contribution in [3.63, 3.8) is 0 Å². The van der Waals surface area contributed by atoms with E-state index in [2.05, 4.69) is 10.6 Å². The van der Waals surface area contributed by atoms with Gasteiger partial charge in [-0.1, -0.05) is 12.1 Å². The minimum absolute atomic E-state index is 0.0704. The largest absolute Gasteiger partial charge is 0.478 e. The van der Waals surface area contributed by atoms with Crippen molar-refractivity contribution in [3.05, 3.63) is 29.3 Å². The first kappa shape index (κ1) is 14.3. The number of ether oxygens (including phenoxy) is 1. The van der Waals surface area contributed by atoms with Crippen molar-refractivity contribution < 1.29 is 19.4 Å². The van der Waals surface area contributed by atoms with E-state index in [0.717, 1.165) is 12.8 Å². The lowest BCUT2D eigenvalue weighted by atomic mass is 10.1. The third-order valence-electron chi connectivity index (χ3n) is 3.30. The van der Waals surface area contributed by atoms with Crippen LogP contribution in [0.15, 0.2) is 18.2 Å². The summed E-state index contributed by atoms with van der Waals surface area (Å²) in [6.07, 6.45) is 1.54. The van der Waals surface area contributed by atoms with Gasteiger partial charge in [0, 0.05) is 19.3 Å². The van der Waals surface area contributed by atoms with E-state index >= 15 is 0 Å². The van der Waals surface area contributed by atoms with Gasteiger partial charge in [0.1, 0.15) is 0 Å². The Labute approximate surface area is 117 Å². The zero-order chi connectivity index (χ0) is 14.5. The minimum atomic E-state index is -1.06. The van der Waals surface area contributed by atoms with E-state index in [4.69, 9.17) is 9.84 Å². The molecule has 0 atom stereocenters. The van der Waals surface area contributed by atoms with Crippen LogP contribution < -0.4 is 10.6 Å². The van der Waals surface area contributed by atoms with E-state index in [0.29, 0.717) is 24.5 Å². The van der Waals surface area contributed by atoms with Crippen molar-refractivity contribution >= 4 is 17.7 Å². The Morgan fingerprint density at radius 1 is 1.30 bits per heavy atom. The first-order valence-corrected chi connectivity index (χ1v) is 6.56. The fraction of sp³-hybridized carbons (Fsp3) is 0.429. The predicted molar refractivity (Wildman–Crippen MR) is 74.1 cm³/mol. The van der Waals surface area contributed by atoms with Gasteiger partial charge in [-0.25, -0.2) is 9.59 Å². The molecule has 6 heteroatoms. The number of hydrogen-bond donors (Lipinski definition) is 3. The second-order valence-corrected chi connectivity index (χ2v) is 4.79. The molecule has 3 N–H and O–H groups in total. The summed E-state index contributed by atoms with van der Waals surface area (Å²) in [6.45, 7) is 3.03. The van der Waals surface area contributed by atoms with E-state index in [1.54, 1.807) is 19.1 Å². The summed E-state index contributed by atoms with van der Waals surface area (Å²) in [5, 5.41) is 14.6. The zero-order valence-corrected chi connectivity index (χ0v) is 11.3. The quantitative estimate of drug-likeness (QED) is 0.789. The summed E-state index contributed by atoms with van der Waals surface area (Å²) < 4.78 is 5.22. The maximum absolute atomic E-state index is 12.0. The van der Waals surface area contributed by atoms with Crippen molar-refractivity contribution in [2.24, 2.45) is 0 Å². The van der Waals surface area contributed by atoms with Gasteiger partial charge in [0.25, 0.3) is 0 Å². The number of carboxylic acid groups (broad SMARTS) is 1. The molecule has 1 aromatic rings. The van der Waals surface area contributed by atoms with Crippen LogP contribution in [0.5, 0.6) is 0 Å². The van der Waals surface area contributed by atoms with Crippen molar-refractivity contribution in [1.82, 2.24) is 5.32 Å². The van der Waals surface area contributed by atoms with Gasteiger partial charge < -0.3 is 20.5 Å². The van der Waals surface area contributed by atoms with Crippen LogP contribution in [0, 0.1) is 6.92 Å². The standard InChI is InChI=1S/C14H18N2O4/c1-9-3-2-4-11(13(17)18)12(9)16-14(19)15-10-5-7-20-8-6-10/h2-4,10H,5-8H2,1H3,(H,17,18)(H2,15,16,19). The van der Waals surface area contributed by atoms with Crippen LogP contribution in [0.1, 0.15) is 28.8 Å². The molecule has 1 aliphatic heterocycles. The fourth-order valence-electron chi connectivity index (χ4n) is 2.19. The molecule has 0 unspecified atom stereocenters. The minimum Gasteiger partial charge on any atom is -0.478 e. The molecule has 1 aromatic carbocycles. The first-order valence-electron chi connectivity index (χ1n) is 6.56. The number of rotatable bonds is 3. The van der Waals surface area contributed by atoms with E-state index in [-0.39, 0.29) is 17.6 Å². The Morgan fingerprint density at radius 3 is 2.65 bits per heavy atom. The number of carboxylic acids is 1. The number of hydrogen-bond acceptors (Lipinski definition) is 3. The van der Waals surface area contributed by atoms with Gasteiger partial charge in [-0.05, 0) is 31.4 Å². The summed E-state index contributed by atoms with van der Waals surface area (Å²) in [5.74, 6) is -1.06. The smallest absolute Gasteiger partial charge is 0.337 e. The van der Waals surface area contributed by atoms with Gasteiger partial charge in [-0.15, -0.1) is 0 Å². The number of aryl methyl sites for hydroxylation is 1. The van der Waals surface area contributed by atoms with E-state index < -0.39 is 5.97 Å². The monoisotopic (exact) mass is 278 g/mol. The van der Waals surface area contributed by atoms with Crippen LogP contribution in [0.3, 0.4) is 0 Å². The highest BCUT2D eigenvalue weighted by atomic mass is 16.5.